The third-order valence-corrected chi connectivity index (χ3v) is 4.00. The molecule has 0 radical (unpaired) electrons. The maximum Gasteiger partial charge on any atom is 0.00701 e. The minimum absolute atomic E-state index is 0.523. The number of nitrogens with two attached hydrogens (primary N) is 1. The van der Waals surface area contributed by atoms with Gasteiger partial charge >= 0.3 is 0 Å². The summed E-state index contributed by atoms with van der Waals surface area (Å²) in [5.74, 6) is 1.83. The van der Waals surface area contributed by atoms with Gasteiger partial charge in [-0.2, -0.15) is 0 Å². The molecule has 1 nitrogen and oxygen atoms in total. The molecule has 0 aromatic heterocycles. The first kappa shape index (κ1) is 8.55. The fourth-order valence-electron chi connectivity index (χ4n) is 2.95. The minimum atomic E-state index is 0.523. The van der Waals surface area contributed by atoms with E-state index in [1.807, 2.05) is 0 Å². The van der Waals surface area contributed by atoms with Gasteiger partial charge in [0.05, 0.1) is 0 Å². The van der Waals surface area contributed by atoms with Crippen molar-refractivity contribution in [3.63, 3.8) is 0 Å². The highest BCUT2D eigenvalue weighted by Gasteiger charge is 2.50. The molecule has 0 aromatic carbocycles. The smallest absolute Gasteiger partial charge is 0.00701 e. The Morgan fingerprint density at radius 2 is 2.00 bits per heavy atom. The Morgan fingerprint density at radius 1 is 1.25 bits per heavy atom. The third kappa shape index (κ3) is 1.39. The summed E-state index contributed by atoms with van der Waals surface area (Å²) >= 11 is 0. The Hall–Kier alpha value is -0.0400. The molecule has 0 bridgehead atoms. The Kier molecular flexibility index (Phi) is 1.95. The maximum absolute atomic E-state index is 6.11. The van der Waals surface area contributed by atoms with Gasteiger partial charge in [-0.3, -0.25) is 0 Å². The zero-order valence-electron chi connectivity index (χ0n) is 8.34. The first-order valence-corrected chi connectivity index (χ1v) is 5.37. The van der Waals surface area contributed by atoms with Crippen molar-refractivity contribution in [1.82, 2.24) is 0 Å². The zero-order chi connectivity index (χ0) is 8.77. The van der Waals surface area contributed by atoms with E-state index in [0.29, 0.717) is 11.5 Å². The Morgan fingerprint density at radius 3 is 2.75 bits per heavy atom. The van der Waals surface area contributed by atoms with Crippen LogP contribution in [0.1, 0.15) is 46.0 Å². The summed E-state index contributed by atoms with van der Waals surface area (Å²) in [6, 6.07) is 0.523. The summed E-state index contributed by atoms with van der Waals surface area (Å²) in [6.45, 7) is 4.85. The maximum atomic E-state index is 6.11. The average molecular weight is 167 g/mol. The third-order valence-electron chi connectivity index (χ3n) is 4.00. The van der Waals surface area contributed by atoms with E-state index in [2.05, 4.69) is 13.8 Å². The predicted octanol–water partition coefficient (Wildman–Crippen LogP) is 2.55. The van der Waals surface area contributed by atoms with E-state index in [0.717, 1.165) is 11.8 Å². The van der Waals surface area contributed by atoms with Crippen LogP contribution in [0.15, 0.2) is 0 Å². The van der Waals surface area contributed by atoms with Crippen LogP contribution in [0.2, 0.25) is 0 Å². The normalized spacial score (nSPS) is 45.8. The van der Waals surface area contributed by atoms with E-state index in [4.69, 9.17) is 5.73 Å². The second kappa shape index (κ2) is 2.73. The van der Waals surface area contributed by atoms with E-state index in [9.17, 15) is 0 Å². The molecule has 1 heteroatoms. The lowest BCUT2D eigenvalue weighted by Gasteiger charge is -2.28. The van der Waals surface area contributed by atoms with Crippen molar-refractivity contribution < 1.29 is 0 Å². The molecular formula is C11H21N. The quantitative estimate of drug-likeness (QED) is 0.589. The van der Waals surface area contributed by atoms with Crippen molar-refractivity contribution in [3.8, 4) is 0 Å². The molecule has 2 aliphatic carbocycles. The van der Waals surface area contributed by atoms with Gasteiger partial charge in [0.25, 0.3) is 0 Å². The zero-order valence-corrected chi connectivity index (χ0v) is 8.34. The molecule has 0 spiro atoms. The van der Waals surface area contributed by atoms with Crippen LogP contribution in [0.5, 0.6) is 0 Å². The van der Waals surface area contributed by atoms with Crippen LogP contribution in [0.4, 0.5) is 0 Å². The molecule has 3 unspecified atom stereocenters. The van der Waals surface area contributed by atoms with Crippen molar-refractivity contribution in [2.45, 2.75) is 52.0 Å². The molecule has 70 valence electrons. The topological polar surface area (TPSA) is 26.0 Å². The Bertz CT molecular complexity index is 174. The van der Waals surface area contributed by atoms with Gasteiger partial charge in [0.15, 0.2) is 0 Å². The van der Waals surface area contributed by atoms with Crippen molar-refractivity contribution in [3.05, 3.63) is 0 Å². The lowest BCUT2D eigenvalue weighted by molar-refractivity contribution is 0.232. The molecule has 0 heterocycles. The van der Waals surface area contributed by atoms with Crippen molar-refractivity contribution >= 4 is 0 Å². The van der Waals surface area contributed by atoms with Crippen LogP contribution >= 0.6 is 0 Å². The molecule has 12 heavy (non-hydrogen) atoms. The molecule has 2 aliphatic rings. The molecule has 2 saturated carbocycles. The van der Waals surface area contributed by atoms with Gasteiger partial charge in [0, 0.05) is 6.04 Å². The van der Waals surface area contributed by atoms with Crippen LogP contribution in [-0.2, 0) is 0 Å². The van der Waals surface area contributed by atoms with Crippen LogP contribution in [0, 0.1) is 17.3 Å². The molecule has 2 N–H and O–H groups in total. The predicted molar refractivity (Wildman–Crippen MR) is 51.8 cm³/mol. The minimum Gasteiger partial charge on any atom is -0.327 e. The molecule has 2 fully saturated rings. The Balaban J connectivity index is 2.04. The SMILES string of the molecule is CC1(C)CCCCC(N)C2CC21. The lowest BCUT2D eigenvalue weighted by Crippen LogP contribution is -2.28. The fourth-order valence-corrected chi connectivity index (χ4v) is 2.95. The second-order valence-electron chi connectivity index (χ2n) is 5.40. The fraction of sp³-hybridized carbons (Fsp3) is 1.00. The Labute approximate surface area is 75.7 Å². The van der Waals surface area contributed by atoms with Gasteiger partial charge in [0.1, 0.15) is 0 Å². The number of hydrogen-bond donors (Lipinski definition) is 1. The number of hydrogen-bond acceptors (Lipinski definition) is 1. The molecule has 3 atom stereocenters. The van der Waals surface area contributed by atoms with Gasteiger partial charge in [-0.25, -0.2) is 0 Å². The average Bonchev–Trinajstić information content (AvgIpc) is 2.74. The van der Waals surface area contributed by atoms with Gasteiger partial charge < -0.3 is 5.73 Å². The summed E-state index contributed by atoms with van der Waals surface area (Å²) < 4.78 is 0. The summed E-state index contributed by atoms with van der Waals surface area (Å²) in [5, 5.41) is 0. The molecule has 0 aliphatic heterocycles. The molecule has 0 saturated heterocycles. The first-order valence-electron chi connectivity index (χ1n) is 5.37. The van der Waals surface area contributed by atoms with E-state index >= 15 is 0 Å². The van der Waals surface area contributed by atoms with E-state index in [-0.39, 0.29) is 0 Å². The number of fused-ring (bicyclic) bond motifs is 1. The van der Waals surface area contributed by atoms with Gasteiger partial charge in [0.2, 0.25) is 0 Å². The van der Waals surface area contributed by atoms with E-state index < -0.39 is 0 Å². The molecule has 2 rings (SSSR count). The highest BCUT2D eigenvalue weighted by Crippen LogP contribution is 2.55. The second-order valence-corrected chi connectivity index (χ2v) is 5.40. The lowest BCUT2D eigenvalue weighted by atomic mass is 9.78. The highest BCUT2D eigenvalue weighted by molar-refractivity contribution is 5.01. The molecule has 0 aromatic rings. The van der Waals surface area contributed by atoms with Crippen LogP contribution < -0.4 is 5.73 Å². The van der Waals surface area contributed by atoms with Crippen molar-refractivity contribution in [2.75, 3.05) is 0 Å². The van der Waals surface area contributed by atoms with Crippen molar-refractivity contribution in [1.29, 1.82) is 0 Å². The summed E-state index contributed by atoms with van der Waals surface area (Å²) in [7, 11) is 0. The van der Waals surface area contributed by atoms with Crippen LogP contribution in [0.25, 0.3) is 0 Å². The largest absolute Gasteiger partial charge is 0.327 e. The van der Waals surface area contributed by atoms with Crippen molar-refractivity contribution in [2.24, 2.45) is 23.0 Å². The standard InChI is InChI=1S/C11H21N/c1-11(2)6-4-3-5-10(12)8-7-9(8)11/h8-10H,3-7,12H2,1-2H3. The van der Waals surface area contributed by atoms with E-state index in [1.165, 1.54) is 32.1 Å². The first-order chi connectivity index (χ1) is 5.61. The molecular weight excluding hydrogens is 146 g/mol. The van der Waals surface area contributed by atoms with Gasteiger partial charge in [-0.1, -0.05) is 26.7 Å². The molecule has 0 amide bonds. The van der Waals surface area contributed by atoms with Gasteiger partial charge in [-0.15, -0.1) is 0 Å². The van der Waals surface area contributed by atoms with Crippen LogP contribution in [-0.4, -0.2) is 6.04 Å². The summed E-state index contributed by atoms with van der Waals surface area (Å²) in [6.07, 6.45) is 6.85. The summed E-state index contributed by atoms with van der Waals surface area (Å²) in [4.78, 5) is 0. The van der Waals surface area contributed by atoms with Gasteiger partial charge in [-0.05, 0) is 36.5 Å². The highest BCUT2D eigenvalue weighted by atomic mass is 14.7. The van der Waals surface area contributed by atoms with E-state index in [1.54, 1.807) is 0 Å². The summed E-state index contributed by atoms with van der Waals surface area (Å²) in [5.41, 5.74) is 6.70. The monoisotopic (exact) mass is 167 g/mol. The van der Waals surface area contributed by atoms with Crippen LogP contribution in [0.3, 0.4) is 0 Å². The number of rotatable bonds is 0.